The van der Waals surface area contributed by atoms with Gasteiger partial charge in [0.1, 0.15) is 11.3 Å². The average Bonchev–Trinajstić information content (AvgIpc) is 3.01. The van der Waals surface area contributed by atoms with E-state index in [9.17, 15) is 0 Å². The number of rotatable bonds is 4. The molecule has 20 heavy (non-hydrogen) atoms. The minimum Gasteiger partial charge on any atom is -0.308 e. The van der Waals surface area contributed by atoms with Gasteiger partial charge in [0, 0.05) is 28.4 Å². The van der Waals surface area contributed by atoms with Crippen molar-refractivity contribution < 1.29 is 0 Å². The zero-order valence-electron chi connectivity index (χ0n) is 11.5. The van der Waals surface area contributed by atoms with Gasteiger partial charge in [-0.3, -0.25) is 0 Å². The number of hydrogen-bond acceptors (Lipinski definition) is 3. The molecule has 0 aromatic carbocycles. The third kappa shape index (κ3) is 2.45. The molecule has 0 bridgehead atoms. The van der Waals surface area contributed by atoms with Crippen LogP contribution in [-0.4, -0.2) is 14.5 Å². The third-order valence-corrected chi connectivity index (χ3v) is 4.64. The Morgan fingerprint density at radius 2 is 2.20 bits per heavy atom. The van der Waals surface area contributed by atoms with Crippen LogP contribution in [0.4, 0.5) is 0 Å². The molecular formula is C15H16ClN3S. The van der Waals surface area contributed by atoms with Crippen LogP contribution in [-0.2, 0) is 12.3 Å². The molecule has 3 aromatic heterocycles. The van der Waals surface area contributed by atoms with Gasteiger partial charge in [-0.25, -0.2) is 9.97 Å². The largest absolute Gasteiger partial charge is 0.308 e. The first-order chi connectivity index (χ1) is 9.69. The first-order valence-corrected chi connectivity index (χ1v) is 7.97. The van der Waals surface area contributed by atoms with E-state index in [1.807, 2.05) is 23.5 Å². The fraction of sp³-hybridized carbons (Fsp3) is 0.333. The number of thiophene rings is 1. The van der Waals surface area contributed by atoms with Crippen LogP contribution in [0.15, 0.2) is 30.5 Å². The summed E-state index contributed by atoms with van der Waals surface area (Å²) in [4.78, 5) is 11.8. The van der Waals surface area contributed by atoms with Crippen LogP contribution < -0.4 is 0 Å². The zero-order valence-corrected chi connectivity index (χ0v) is 13.1. The first-order valence-electron chi connectivity index (χ1n) is 6.62. The van der Waals surface area contributed by atoms with Crippen molar-refractivity contribution in [3.05, 3.63) is 46.0 Å². The van der Waals surface area contributed by atoms with E-state index in [0.717, 1.165) is 23.4 Å². The number of fused-ring (bicyclic) bond motifs is 1. The molecule has 3 rings (SSSR count). The second-order valence-electron chi connectivity index (χ2n) is 4.94. The second kappa shape index (κ2) is 5.54. The van der Waals surface area contributed by atoms with Gasteiger partial charge in [-0.15, -0.1) is 22.9 Å². The highest BCUT2D eigenvalue weighted by Gasteiger charge is 2.16. The van der Waals surface area contributed by atoms with Crippen LogP contribution in [0, 0.1) is 6.92 Å². The molecule has 0 saturated heterocycles. The van der Waals surface area contributed by atoms with Crippen molar-refractivity contribution in [1.29, 1.82) is 0 Å². The van der Waals surface area contributed by atoms with Crippen LogP contribution in [0.25, 0.3) is 11.2 Å². The van der Waals surface area contributed by atoms with Gasteiger partial charge in [-0.05, 0) is 38.1 Å². The van der Waals surface area contributed by atoms with Gasteiger partial charge in [0.2, 0.25) is 0 Å². The van der Waals surface area contributed by atoms with Crippen LogP contribution in [0.2, 0.25) is 0 Å². The van der Waals surface area contributed by atoms with Gasteiger partial charge in [-0.2, -0.15) is 0 Å². The lowest BCUT2D eigenvalue weighted by Crippen LogP contribution is -2.11. The first kappa shape index (κ1) is 13.6. The number of aryl methyl sites for hydroxylation is 1. The van der Waals surface area contributed by atoms with E-state index < -0.39 is 0 Å². The number of alkyl halides is 1. The monoisotopic (exact) mass is 305 g/mol. The minimum atomic E-state index is 0.293. The lowest BCUT2D eigenvalue weighted by molar-refractivity contribution is 0.544. The lowest BCUT2D eigenvalue weighted by Gasteiger charge is -2.15. The van der Waals surface area contributed by atoms with E-state index >= 15 is 0 Å². The molecule has 104 valence electrons. The van der Waals surface area contributed by atoms with Gasteiger partial charge < -0.3 is 4.57 Å². The molecule has 1 atom stereocenters. The summed E-state index contributed by atoms with van der Waals surface area (Å²) in [7, 11) is 0. The average molecular weight is 306 g/mol. The molecule has 0 radical (unpaired) electrons. The number of nitrogens with zero attached hydrogens (tertiary/aromatic N) is 3. The second-order valence-corrected chi connectivity index (χ2v) is 6.58. The van der Waals surface area contributed by atoms with Gasteiger partial charge in [0.15, 0.2) is 5.65 Å². The van der Waals surface area contributed by atoms with E-state index in [1.165, 1.54) is 9.75 Å². The Morgan fingerprint density at radius 3 is 2.90 bits per heavy atom. The summed E-state index contributed by atoms with van der Waals surface area (Å²) in [5.74, 6) is 1.30. The highest BCUT2D eigenvalue weighted by molar-refractivity contribution is 7.11. The van der Waals surface area contributed by atoms with Gasteiger partial charge in [0.25, 0.3) is 0 Å². The predicted octanol–water partition coefficient (Wildman–Crippen LogP) is 4.34. The third-order valence-electron chi connectivity index (χ3n) is 3.37. The molecule has 0 saturated carbocycles. The Bertz CT molecular complexity index is 732. The van der Waals surface area contributed by atoms with Crippen molar-refractivity contribution in [1.82, 2.24) is 14.5 Å². The maximum Gasteiger partial charge on any atom is 0.160 e. The molecule has 0 aliphatic carbocycles. The van der Waals surface area contributed by atoms with Crippen LogP contribution in [0.5, 0.6) is 0 Å². The summed E-state index contributed by atoms with van der Waals surface area (Å²) in [6.07, 6.45) is 2.78. The minimum absolute atomic E-state index is 0.293. The molecule has 3 aromatic rings. The fourth-order valence-corrected chi connectivity index (χ4v) is 3.71. The number of pyridine rings is 1. The molecule has 0 fully saturated rings. The molecule has 1 unspecified atom stereocenters. The van der Waals surface area contributed by atoms with Crippen LogP contribution >= 0.6 is 22.9 Å². The van der Waals surface area contributed by atoms with E-state index in [2.05, 4.69) is 40.5 Å². The normalized spacial score (nSPS) is 12.9. The number of aromatic nitrogens is 3. The Morgan fingerprint density at radius 1 is 1.35 bits per heavy atom. The standard InChI is InChI=1S/C15H16ClN3S/c1-10(8-12-6-5-11(2)20-12)19-14(9-16)18-13-4-3-7-17-15(13)19/h3-7,10H,8-9H2,1-2H3. The van der Waals surface area contributed by atoms with Crippen molar-refractivity contribution in [2.24, 2.45) is 0 Å². The van der Waals surface area contributed by atoms with Crippen LogP contribution in [0.3, 0.4) is 0 Å². The van der Waals surface area contributed by atoms with Crippen molar-refractivity contribution in [3.63, 3.8) is 0 Å². The molecule has 0 aliphatic rings. The summed E-state index contributed by atoms with van der Waals surface area (Å²) in [6.45, 7) is 4.33. The topological polar surface area (TPSA) is 30.7 Å². The van der Waals surface area contributed by atoms with E-state index in [4.69, 9.17) is 11.6 Å². The molecule has 3 nitrogen and oxygen atoms in total. The van der Waals surface area contributed by atoms with E-state index in [0.29, 0.717) is 11.9 Å². The van der Waals surface area contributed by atoms with Crippen molar-refractivity contribution in [3.8, 4) is 0 Å². The van der Waals surface area contributed by atoms with Gasteiger partial charge >= 0.3 is 0 Å². The SMILES string of the molecule is Cc1ccc(CC(C)n2c(CCl)nc3cccnc32)s1. The van der Waals surface area contributed by atoms with Crippen molar-refractivity contribution >= 4 is 34.1 Å². The maximum atomic E-state index is 6.05. The quantitative estimate of drug-likeness (QED) is 0.671. The Balaban J connectivity index is 1.99. The summed E-state index contributed by atoms with van der Waals surface area (Å²) in [5, 5.41) is 0. The summed E-state index contributed by atoms with van der Waals surface area (Å²) in [5.41, 5.74) is 1.83. The Kier molecular flexibility index (Phi) is 3.76. The molecular weight excluding hydrogens is 290 g/mol. The number of hydrogen-bond donors (Lipinski definition) is 0. The van der Waals surface area contributed by atoms with Gasteiger partial charge in [-0.1, -0.05) is 0 Å². The maximum absolute atomic E-state index is 6.05. The Labute approximate surface area is 127 Å². The molecule has 5 heteroatoms. The van der Waals surface area contributed by atoms with Crippen molar-refractivity contribution in [2.75, 3.05) is 0 Å². The van der Waals surface area contributed by atoms with E-state index in [-0.39, 0.29) is 0 Å². The molecule has 3 heterocycles. The molecule has 0 spiro atoms. The lowest BCUT2D eigenvalue weighted by atomic mass is 10.2. The number of halogens is 1. The highest BCUT2D eigenvalue weighted by Crippen LogP contribution is 2.26. The van der Waals surface area contributed by atoms with Gasteiger partial charge in [0.05, 0.1) is 5.88 Å². The highest BCUT2D eigenvalue weighted by atomic mass is 35.5. The summed E-state index contributed by atoms with van der Waals surface area (Å²) >= 11 is 7.89. The molecule has 0 aliphatic heterocycles. The zero-order chi connectivity index (χ0) is 14.1. The van der Waals surface area contributed by atoms with Crippen LogP contribution in [0.1, 0.15) is 28.5 Å². The molecule has 0 N–H and O–H groups in total. The smallest absolute Gasteiger partial charge is 0.160 e. The summed E-state index contributed by atoms with van der Waals surface area (Å²) in [6, 6.07) is 8.55. The predicted molar refractivity (Wildman–Crippen MR) is 84.6 cm³/mol. The van der Waals surface area contributed by atoms with E-state index in [1.54, 1.807) is 6.20 Å². The number of imidazole rings is 1. The van der Waals surface area contributed by atoms with Crippen molar-refractivity contribution in [2.45, 2.75) is 32.2 Å². The summed E-state index contributed by atoms with van der Waals surface area (Å²) < 4.78 is 2.16. The Hall–Kier alpha value is -1.39. The fourth-order valence-electron chi connectivity index (χ4n) is 2.51. The molecule has 0 amide bonds.